The van der Waals surface area contributed by atoms with Crippen molar-refractivity contribution in [3.8, 4) is 11.3 Å². The second-order valence-corrected chi connectivity index (χ2v) is 7.07. The molecule has 3 rings (SSSR count). The Kier molecular flexibility index (Phi) is 6.57. The number of carbonyl (C=O) groups is 1. The Morgan fingerprint density at radius 2 is 1.97 bits per heavy atom. The zero-order valence-electron chi connectivity index (χ0n) is 16.0. The van der Waals surface area contributed by atoms with Gasteiger partial charge >= 0.3 is 0 Å². The summed E-state index contributed by atoms with van der Waals surface area (Å²) in [4.78, 5) is 24.7. The van der Waals surface area contributed by atoms with Crippen molar-refractivity contribution in [2.45, 2.75) is 31.7 Å². The van der Waals surface area contributed by atoms with Crippen LogP contribution in [0.3, 0.4) is 0 Å². The normalized spacial score (nSPS) is 19.6. The van der Waals surface area contributed by atoms with Gasteiger partial charge in [0.15, 0.2) is 0 Å². The fourth-order valence-electron chi connectivity index (χ4n) is 3.57. The van der Waals surface area contributed by atoms with E-state index >= 15 is 0 Å². The van der Waals surface area contributed by atoms with Crippen LogP contribution in [0.4, 0.5) is 0 Å². The SMILES string of the molecule is NCC1CCC(n2nc(-c3cccc(C(=O)N/C(N)=N/NN)c3)ccc2=O)CC1. The Bertz CT molecular complexity index is 947. The van der Waals surface area contributed by atoms with Crippen LogP contribution in [0.1, 0.15) is 42.1 Å². The predicted molar refractivity (Wildman–Crippen MR) is 110 cm³/mol. The Balaban J connectivity index is 1.83. The highest BCUT2D eigenvalue weighted by molar-refractivity contribution is 6.05. The van der Waals surface area contributed by atoms with E-state index in [0.29, 0.717) is 23.7 Å². The van der Waals surface area contributed by atoms with E-state index in [1.54, 1.807) is 28.9 Å². The van der Waals surface area contributed by atoms with Crippen molar-refractivity contribution in [2.75, 3.05) is 6.54 Å². The third-order valence-corrected chi connectivity index (χ3v) is 5.17. The quantitative estimate of drug-likeness (QED) is 0.205. The first-order valence-electron chi connectivity index (χ1n) is 9.52. The zero-order chi connectivity index (χ0) is 20.8. The topological polar surface area (TPSA) is 166 Å². The van der Waals surface area contributed by atoms with Crippen LogP contribution in [0.2, 0.25) is 0 Å². The molecule has 1 amide bonds. The van der Waals surface area contributed by atoms with Crippen molar-refractivity contribution in [3.05, 3.63) is 52.3 Å². The number of nitrogens with zero attached hydrogens (tertiary/aromatic N) is 3. The molecule has 1 aliphatic carbocycles. The number of guanidine groups is 1. The molecule has 1 fully saturated rings. The summed E-state index contributed by atoms with van der Waals surface area (Å²) < 4.78 is 1.56. The maximum atomic E-state index is 12.4. The van der Waals surface area contributed by atoms with Crippen LogP contribution in [-0.4, -0.2) is 28.2 Å². The number of benzene rings is 1. The standard InChI is InChI=1S/C19H26N8O2/c20-11-12-4-6-15(7-5-12)27-17(28)9-8-16(25-27)13-2-1-3-14(10-13)18(29)23-19(21)24-26-22/h1-3,8-10,12,15,26H,4-7,11,20,22H2,(H3,21,23,24,29). The molecule has 0 aliphatic heterocycles. The number of nitrogens with two attached hydrogens (primary N) is 3. The van der Waals surface area contributed by atoms with Gasteiger partial charge in [-0.15, -0.1) is 5.10 Å². The number of hydrogen-bond acceptors (Lipinski definition) is 7. The average Bonchev–Trinajstić information content (AvgIpc) is 2.74. The Morgan fingerprint density at radius 1 is 1.21 bits per heavy atom. The van der Waals surface area contributed by atoms with Crippen molar-refractivity contribution in [3.63, 3.8) is 0 Å². The summed E-state index contributed by atoms with van der Waals surface area (Å²) in [6.45, 7) is 0.681. The van der Waals surface area contributed by atoms with Crippen LogP contribution < -0.4 is 33.7 Å². The van der Waals surface area contributed by atoms with Gasteiger partial charge in [-0.3, -0.25) is 14.9 Å². The highest BCUT2D eigenvalue weighted by atomic mass is 16.2. The number of rotatable bonds is 5. The van der Waals surface area contributed by atoms with E-state index in [4.69, 9.17) is 17.3 Å². The largest absolute Gasteiger partial charge is 0.368 e. The molecule has 2 aromatic rings. The van der Waals surface area contributed by atoms with Gasteiger partial charge in [-0.25, -0.2) is 16.1 Å². The van der Waals surface area contributed by atoms with E-state index in [9.17, 15) is 9.59 Å². The number of aromatic nitrogens is 2. The van der Waals surface area contributed by atoms with E-state index in [0.717, 1.165) is 31.2 Å². The summed E-state index contributed by atoms with van der Waals surface area (Å²) in [5, 5.41) is 10.5. The van der Waals surface area contributed by atoms with E-state index in [1.165, 1.54) is 6.07 Å². The Morgan fingerprint density at radius 3 is 2.66 bits per heavy atom. The molecule has 10 nitrogen and oxygen atoms in total. The van der Waals surface area contributed by atoms with E-state index in [-0.39, 0.29) is 17.6 Å². The minimum atomic E-state index is -0.434. The first-order chi connectivity index (χ1) is 14.0. The number of carbonyl (C=O) groups excluding carboxylic acids is 1. The lowest BCUT2D eigenvalue weighted by atomic mass is 9.86. The molecule has 0 radical (unpaired) electrons. The average molecular weight is 398 g/mol. The highest BCUT2D eigenvalue weighted by Crippen LogP contribution is 2.30. The number of nitrogens with one attached hydrogen (secondary N) is 2. The molecule has 1 heterocycles. The van der Waals surface area contributed by atoms with Crippen LogP contribution in [0.5, 0.6) is 0 Å². The molecule has 10 heteroatoms. The lowest BCUT2D eigenvalue weighted by molar-refractivity contribution is 0.0976. The van der Waals surface area contributed by atoms with E-state index in [2.05, 4.69) is 15.5 Å². The molecule has 0 saturated heterocycles. The van der Waals surface area contributed by atoms with Crippen LogP contribution in [0, 0.1) is 5.92 Å². The van der Waals surface area contributed by atoms with Gasteiger partial charge in [0.25, 0.3) is 11.5 Å². The molecule has 0 bridgehead atoms. The minimum Gasteiger partial charge on any atom is -0.368 e. The second kappa shape index (κ2) is 9.30. The summed E-state index contributed by atoms with van der Waals surface area (Å²) in [7, 11) is 0. The van der Waals surface area contributed by atoms with Gasteiger partial charge in [-0.1, -0.05) is 12.1 Å². The van der Waals surface area contributed by atoms with Gasteiger partial charge in [0, 0.05) is 17.2 Å². The van der Waals surface area contributed by atoms with Crippen LogP contribution in [-0.2, 0) is 0 Å². The fourth-order valence-corrected chi connectivity index (χ4v) is 3.57. The highest BCUT2D eigenvalue weighted by Gasteiger charge is 2.23. The van der Waals surface area contributed by atoms with Crippen molar-refractivity contribution in [1.82, 2.24) is 20.6 Å². The number of hydrazone groups is 1. The molecule has 29 heavy (non-hydrogen) atoms. The number of amides is 1. The molecule has 1 aromatic carbocycles. The molecular formula is C19H26N8O2. The van der Waals surface area contributed by atoms with Crippen molar-refractivity contribution in [2.24, 2.45) is 28.3 Å². The summed E-state index contributed by atoms with van der Waals surface area (Å²) in [6, 6.07) is 10.1. The summed E-state index contributed by atoms with van der Waals surface area (Å²) in [6.07, 6.45) is 3.76. The molecule has 1 aliphatic rings. The Labute approximate surface area is 168 Å². The molecule has 1 aromatic heterocycles. The predicted octanol–water partition coefficient (Wildman–Crippen LogP) is 0.0231. The van der Waals surface area contributed by atoms with Crippen molar-refractivity contribution >= 4 is 11.9 Å². The van der Waals surface area contributed by atoms with Gasteiger partial charge in [0.05, 0.1) is 11.7 Å². The maximum Gasteiger partial charge on any atom is 0.267 e. The number of hydrogen-bond donors (Lipinski definition) is 5. The van der Waals surface area contributed by atoms with Gasteiger partial charge in [0.2, 0.25) is 5.96 Å². The molecule has 0 spiro atoms. The maximum absolute atomic E-state index is 12.4. The third-order valence-electron chi connectivity index (χ3n) is 5.17. The lowest BCUT2D eigenvalue weighted by Crippen LogP contribution is -2.39. The van der Waals surface area contributed by atoms with Gasteiger partial charge in [-0.2, -0.15) is 5.10 Å². The molecule has 1 saturated carbocycles. The van der Waals surface area contributed by atoms with Crippen LogP contribution >= 0.6 is 0 Å². The van der Waals surface area contributed by atoms with Crippen molar-refractivity contribution < 1.29 is 4.79 Å². The van der Waals surface area contributed by atoms with Gasteiger partial charge in [-0.05, 0) is 56.3 Å². The summed E-state index contributed by atoms with van der Waals surface area (Å²) >= 11 is 0. The van der Waals surface area contributed by atoms with Crippen LogP contribution in [0.15, 0.2) is 46.3 Å². The number of hydrazine groups is 1. The monoisotopic (exact) mass is 398 g/mol. The van der Waals surface area contributed by atoms with Gasteiger partial charge in [0.1, 0.15) is 0 Å². The second-order valence-electron chi connectivity index (χ2n) is 7.07. The first-order valence-corrected chi connectivity index (χ1v) is 9.52. The molecule has 0 unspecified atom stereocenters. The molecule has 154 valence electrons. The smallest absolute Gasteiger partial charge is 0.267 e. The molecular weight excluding hydrogens is 372 g/mol. The third kappa shape index (κ3) is 4.98. The fraction of sp³-hybridized carbons (Fsp3) is 0.368. The minimum absolute atomic E-state index is 0.0662. The van der Waals surface area contributed by atoms with Crippen molar-refractivity contribution in [1.29, 1.82) is 0 Å². The molecule has 0 atom stereocenters. The zero-order valence-corrected chi connectivity index (χ0v) is 16.0. The summed E-state index contributed by atoms with van der Waals surface area (Å²) in [5.41, 5.74) is 14.9. The first kappa shape index (κ1) is 20.5. The Hall–Kier alpha value is -3.24. The van der Waals surface area contributed by atoms with Gasteiger partial charge < -0.3 is 11.5 Å². The van der Waals surface area contributed by atoms with E-state index < -0.39 is 5.91 Å². The van der Waals surface area contributed by atoms with E-state index in [1.807, 2.05) is 11.6 Å². The molecule has 8 N–H and O–H groups in total. The summed E-state index contributed by atoms with van der Waals surface area (Å²) in [5.74, 6) is 4.97. The lowest BCUT2D eigenvalue weighted by Gasteiger charge is -2.28. The van der Waals surface area contributed by atoms with Crippen LogP contribution in [0.25, 0.3) is 11.3 Å².